The second-order valence-corrected chi connectivity index (χ2v) is 5.74. The fraction of sp³-hybridized carbons (Fsp3) is 0.444. The van der Waals surface area contributed by atoms with Crippen LogP contribution < -0.4 is 10.6 Å². The van der Waals surface area contributed by atoms with E-state index < -0.39 is 42.3 Å². The highest BCUT2D eigenvalue weighted by atomic mass is 16.5. The van der Waals surface area contributed by atoms with Crippen LogP contribution in [0.5, 0.6) is 0 Å². The molecule has 142 valence electrons. The number of carbonyl (C=O) groups is 4. The van der Waals surface area contributed by atoms with Gasteiger partial charge in [-0.3, -0.25) is 14.4 Å². The molecular weight excluding hydrogens is 340 g/mol. The highest BCUT2D eigenvalue weighted by Crippen LogP contribution is 2.06. The van der Waals surface area contributed by atoms with E-state index in [9.17, 15) is 19.2 Å². The molecule has 8 nitrogen and oxygen atoms in total. The van der Waals surface area contributed by atoms with E-state index >= 15 is 0 Å². The summed E-state index contributed by atoms with van der Waals surface area (Å²) in [4.78, 5) is 47.2. The summed E-state index contributed by atoms with van der Waals surface area (Å²) in [7, 11) is 1.20. The Bertz CT molecular complexity index is 632. The molecule has 8 heteroatoms. The van der Waals surface area contributed by atoms with Crippen LogP contribution in [0.4, 0.5) is 0 Å². The Balaban J connectivity index is 2.86. The maximum Gasteiger partial charge on any atom is 0.328 e. The minimum atomic E-state index is -1.27. The second-order valence-electron chi connectivity index (χ2n) is 5.74. The standard InChI is InChI=1S/C18H24N2O6/c1-3-7-15(21)19-13(11-16(22)23)17(24)20-14(18(25)26-2)10-12-8-5-4-6-9-12/h4-6,8-9,13-14H,3,7,10-11H2,1-2H3,(H,19,21)(H,20,24)(H,22,23)/t13-,14-/m0/s1. The van der Waals surface area contributed by atoms with E-state index in [0.717, 1.165) is 5.56 Å². The third kappa shape index (κ3) is 7.33. The molecule has 0 saturated heterocycles. The number of rotatable bonds is 10. The van der Waals surface area contributed by atoms with Crippen molar-refractivity contribution in [2.45, 2.75) is 44.7 Å². The molecular formula is C18H24N2O6. The van der Waals surface area contributed by atoms with Crippen LogP contribution in [0.3, 0.4) is 0 Å². The second kappa shape index (κ2) is 10.9. The van der Waals surface area contributed by atoms with Crippen LogP contribution in [-0.4, -0.2) is 48.1 Å². The Kier molecular flexibility index (Phi) is 8.83. The summed E-state index contributed by atoms with van der Waals surface area (Å²) in [5, 5.41) is 13.8. The molecule has 0 bridgehead atoms. The number of esters is 1. The van der Waals surface area contributed by atoms with Crippen molar-refractivity contribution in [3.8, 4) is 0 Å². The minimum absolute atomic E-state index is 0.174. The number of methoxy groups -OCH3 is 1. The molecule has 0 spiro atoms. The first-order chi connectivity index (χ1) is 12.4. The Labute approximate surface area is 151 Å². The van der Waals surface area contributed by atoms with Crippen LogP contribution >= 0.6 is 0 Å². The van der Waals surface area contributed by atoms with Crippen LogP contribution in [0.25, 0.3) is 0 Å². The van der Waals surface area contributed by atoms with E-state index in [0.29, 0.717) is 6.42 Å². The fourth-order valence-electron chi connectivity index (χ4n) is 2.34. The number of nitrogens with one attached hydrogen (secondary N) is 2. The molecule has 1 aromatic rings. The van der Waals surface area contributed by atoms with Gasteiger partial charge in [0.15, 0.2) is 0 Å². The fourth-order valence-corrected chi connectivity index (χ4v) is 2.34. The van der Waals surface area contributed by atoms with Gasteiger partial charge in [0.1, 0.15) is 12.1 Å². The number of benzene rings is 1. The highest BCUT2D eigenvalue weighted by Gasteiger charge is 2.28. The van der Waals surface area contributed by atoms with E-state index in [1.54, 1.807) is 31.2 Å². The third-order valence-corrected chi connectivity index (χ3v) is 3.59. The monoisotopic (exact) mass is 364 g/mol. The van der Waals surface area contributed by atoms with Crippen LogP contribution in [-0.2, 0) is 30.3 Å². The summed E-state index contributed by atoms with van der Waals surface area (Å²) in [6.45, 7) is 1.79. The lowest BCUT2D eigenvalue weighted by atomic mass is 10.0. The number of aliphatic carboxylic acids is 1. The molecule has 0 aliphatic carbocycles. The summed E-state index contributed by atoms with van der Waals surface area (Å²) in [5.41, 5.74) is 0.799. The van der Waals surface area contributed by atoms with E-state index in [2.05, 4.69) is 10.6 Å². The van der Waals surface area contributed by atoms with E-state index in [1.807, 2.05) is 6.07 Å². The summed E-state index contributed by atoms with van der Waals surface area (Å²) >= 11 is 0. The average molecular weight is 364 g/mol. The average Bonchev–Trinajstić information content (AvgIpc) is 2.60. The van der Waals surface area contributed by atoms with Crippen LogP contribution in [0.15, 0.2) is 30.3 Å². The summed E-state index contributed by atoms with van der Waals surface area (Å²) in [5.74, 6) is -3.06. The number of carbonyl (C=O) groups excluding carboxylic acids is 3. The van der Waals surface area contributed by atoms with Gasteiger partial charge < -0.3 is 20.5 Å². The summed E-state index contributed by atoms with van der Waals surface area (Å²) < 4.78 is 4.71. The van der Waals surface area contributed by atoms with E-state index in [1.165, 1.54) is 7.11 Å². The van der Waals surface area contributed by atoms with Gasteiger partial charge >= 0.3 is 11.9 Å². The van der Waals surface area contributed by atoms with Gasteiger partial charge in [0.2, 0.25) is 11.8 Å². The van der Waals surface area contributed by atoms with Crippen molar-refractivity contribution in [1.82, 2.24) is 10.6 Å². The SMILES string of the molecule is CCCC(=O)N[C@@H](CC(=O)O)C(=O)N[C@@H](Cc1ccccc1)C(=O)OC. The van der Waals surface area contributed by atoms with Gasteiger partial charge in [-0.1, -0.05) is 37.3 Å². The Morgan fingerprint density at radius 2 is 1.73 bits per heavy atom. The summed E-state index contributed by atoms with van der Waals surface area (Å²) in [6.07, 6.45) is 0.336. The molecule has 1 rings (SSSR count). The van der Waals surface area contributed by atoms with Gasteiger partial charge in [-0.15, -0.1) is 0 Å². The van der Waals surface area contributed by atoms with Crippen molar-refractivity contribution in [1.29, 1.82) is 0 Å². The zero-order chi connectivity index (χ0) is 19.5. The predicted octanol–water partition coefficient (Wildman–Crippen LogP) is 0.647. The first-order valence-electron chi connectivity index (χ1n) is 8.30. The maximum atomic E-state index is 12.4. The van der Waals surface area contributed by atoms with E-state index in [4.69, 9.17) is 9.84 Å². The van der Waals surface area contributed by atoms with Crippen molar-refractivity contribution in [2.24, 2.45) is 0 Å². The van der Waals surface area contributed by atoms with Gasteiger partial charge in [-0.2, -0.15) is 0 Å². The smallest absolute Gasteiger partial charge is 0.328 e. The molecule has 0 aromatic heterocycles. The van der Waals surface area contributed by atoms with Crippen LogP contribution in [0.1, 0.15) is 31.7 Å². The largest absolute Gasteiger partial charge is 0.481 e. The Morgan fingerprint density at radius 1 is 1.08 bits per heavy atom. The molecule has 0 radical (unpaired) electrons. The third-order valence-electron chi connectivity index (χ3n) is 3.59. The van der Waals surface area contributed by atoms with Gasteiger partial charge in [0, 0.05) is 12.8 Å². The lowest BCUT2D eigenvalue weighted by molar-refractivity contribution is -0.145. The van der Waals surface area contributed by atoms with Gasteiger partial charge in [0.05, 0.1) is 13.5 Å². The van der Waals surface area contributed by atoms with Gasteiger partial charge in [-0.25, -0.2) is 4.79 Å². The number of carboxylic acids is 1. The van der Waals surface area contributed by atoms with Gasteiger partial charge in [0.25, 0.3) is 0 Å². The molecule has 0 fully saturated rings. The normalized spacial score (nSPS) is 12.5. The number of hydrogen-bond donors (Lipinski definition) is 3. The number of hydrogen-bond acceptors (Lipinski definition) is 5. The molecule has 1 aromatic carbocycles. The summed E-state index contributed by atoms with van der Waals surface area (Å²) in [6, 6.07) is 6.73. The van der Waals surface area contributed by atoms with Crippen molar-refractivity contribution in [3.05, 3.63) is 35.9 Å². The van der Waals surface area contributed by atoms with Crippen molar-refractivity contribution >= 4 is 23.8 Å². The molecule has 0 aliphatic rings. The molecule has 0 unspecified atom stereocenters. The molecule has 0 aliphatic heterocycles. The lowest BCUT2D eigenvalue weighted by Crippen LogP contribution is -2.53. The molecule has 0 heterocycles. The minimum Gasteiger partial charge on any atom is -0.481 e. The van der Waals surface area contributed by atoms with Crippen LogP contribution in [0.2, 0.25) is 0 Å². The predicted molar refractivity (Wildman–Crippen MR) is 93.2 cm³/mol. The maximum absolute atomic E-state index is 12.4. The number of carboxylic acid groups (broad SMARTS) is 1. The van der Waals surface area contributed by atoms with Crippen LogP contribution in [0, 0.1) is 0 Å². The lowest BCUT2D eigenvalue weighted by Gasteiger charge is -2.21. The topological polar surface area (TPSA) is 122 Å². The van der Waals surface area contributed by atoms with Gasteiger partial charge in [-0.05, 0) is 12.0 Å². The first kappa shape index (κ1) is 21.1. The molecule has 2 amide bonds. The van der Waals surface area contributed by atoms with Crippen molar-refractivity contribution < 1.29 is 29.0 Å². The number of ether oxygens (including phenoxy) is 1. The highest BCUT2D eigenvalue weighted by molar-refractivity contribution is 5.93. The molecule has 2 atom stereocenters. The number of amides is 2. The zero-order valence-electron chi connectivity index (χ0n) is 14.9. The Morgan fingerprint density at radius 3 is 2.27 bits per heavy atom. The molecule has 3 N–H and O–H groups in total. The molecule has 26 heavy (non-hydrogen) atoms. The van der Waals surface area contributed by atoms with E-state index in [-0.39, 0.29) is 12.8 Å². The molecule has 0 saturated carbocycles. The Hall–Kier alpha value is -2.90. The quantitative estimate of drug-likeness (QED) is 0.524. The first-order valence-corrected chi connectivity index (χ1v) is 8.30. The van der Waals surface area contributed by atoms with Crippen molar-refractivity contribution in [3.63, 3.8) is 0 Å². The zero-order valence-corrected chi connectivity index (χ0v) is 14.9. The van der Waals surface area contributed by atoms with Crippen molar-refractivity contribution in [2.75, 3.05) is 7.11 Å².